The molecular formula is C13H18ClN5O. The Hall–Kier alpha value is -1.40. The van der Waals surface area contributed by atoms with E-state index < -0.39 is 0 Å². The van der Waals surface area contributed by atoms with Crippen molar-refractivity contribution in [3.63, 3.8) is 0 Å². The van der Waals surface area contributed by atoms with Crippen LogP contribution in [0.1, 0.15) is 19.0 Å². The van der Waals surface area contributed by atoms with E-state index >= 15 is 0 Å². The van der Waals surface area contributed by atoms with Crippen LogP contribution in [0, 0.1) is 6.92 Å². The van der Waals surface area contributed by atoms with Gasteiger partial charge < -0.3 is 9.64 Å². The molecule has 1 atom stereocenters. The van der Waals surface area contributed by atoms with E-state index in [4.69, 9.17) is 16.3 Å². The highest BCUT2D eigenvalue weighted by molar-refractivity contribution is 6.28. The molecule has 1 fully saturated rings. The average molecular weight is 296 g/mol. The molecule has 1 aliphatic heterocycles. The molecule has 1 saturated heterocycles. The first-order chi connectivity index (χ1) is 9.61. The first-order valence-corrected chi connectivity index (χ1v) is 7.20. The van der Waals surface area contributed by atoms with Gasteiger partial charge in [0.15, 0.2) is 5.82 Å². The molecular weight excluding hydrogens is 278 g/mol. The van der Waals surface area contributed by atoms with Gasteiger partial charge in [0.05, 0.1) is 24.9 Å². The van der Waals surface area contributed by atoms with Gasteiger partial charge in [0.1, 0.15) is 11.0 Å². The molecule has 0 saturated carbocycles. The topological polar surface area (TPSA) is 56.1 Å². The molecule has 0 bridgehead atoms. The highest BCUT2D eigenvalue weighted by Gasteiger charge is 2.27. The lowest BCUT2D eigenvalue weighted by atomic mass is 10.1. The summed E-state index contributed by atoms with van der Waals surface area (Å²) in [5.41, 5.74) is 2.63. The third-order valence-corrected chi connectivity index (χ3v) is 3.94. The Kier molecular flexibility index (Phi) is 3.52. The largest absolute Gasteiger partial charge is 0.377 e. The van der Waals surface area contributed by atoms with Gasteiger partial charge >= 0.3 is 0 Å². The van der Waals surface area contributed by atoms with Crippen molar-refractivity contribution >= 4 is 28.5 Å². The summed E-state index contributed by atoms with van der Waals surface area (Å²) in [4.78, 5) is 11.0. The predicted octanol–water partition coefficient (Wildman–Crippen LogP) is 1.94. The minimum Gasteiger partial charge on any atom is -0.377 e. The van der Waals surface area contributed by atoms with Crippen LogP contribution < -0.4 is 4.90 Å². The summed E-state index contributed by atoms with van der Waals surface area (Å²) in [6.45, 7) is 6.32. The molecule has 7 heteroatoms. The first kappa shape index (κ1) is 13.6. The molecule has 0 amide bonds. The molecule has 1 aliphatic rings. The summed E-state index contributed by atoms with van der Waals surface area (Å²) in [6.07, 6.45) is 1.000. The summed E-state index contributed by atoms with van der Waals surface area (Å²) < 4.78 is 7.39. The van der Waals surface area contributed by atoms with Crippen LogP contribution in [-0.4, -0.2) is 45.5 Å². The van der Waals surface area contributed by atoms with Gasteiger partial charge in [0.25, 0.3) is 0 Å². The molecule has 0 N–H and O–H groups in total. The fourth-order valence-electron chi connectivity index (χ4n) is 2.76. The number of fused-ring (bicyclic) bond motifs is 1. The third kappa shape index (κ3) is 2.13. The van der Waals surface area contributed by atoms with Gasteiger partial charge in [-0.15, -0.1) is 0 Å². The van der Waals surface area contributed by atoms with Crippen LogP contribution in [0.5, 0.6) is 0 Å². The average Bonchev–Trinajstić information content (AvgIpc) is 2.73. The molecule has 2 aromatic rings. The van der Waals surface area contributed by atoms with Gasteiger partial charge in [0.2, 0.25) is 5.28 Å². The molecule has 2 aromatic heterocycles. The number of rotatable bonds is 2. The summed E-state index contributed by atoms with van der Waals surface area (Å²) in [6, 6.07) is 0.313. The normalized spacial score (nSPS) is 19.8. The van der Waals surface area contributed by atoms with E-state index in [1.165, 1.54) is 0 Å². The molecule has 0 radical (unpaired) electrons. The van der Waals surface area contributed by atoms with Crippen molar-refractivity contribution < 1.29 is 4.74 Å². The number of hydrogen-bond donors (Lipinski definition) is 0. The molecule has 0 aromatic carbocycles. The fraction of sp³-hybridized carbons (Fsp3) is 0.615. The highest BCUT2D eigenvalue weighted by Crippen LogP contribution is 2.29. The van der Waals surface area contributed by atoms with Gasteiger partial charge in [-0.25, -0.2) is 4.98 Å². The Morgan fingerprint density at radius 1 is 1.40 bits per heavy atom. The summed E-state index contributed by atoms with van der Waals surface area (Å²) in [7, 11) is 1.91. The van der Waals surface area contributed by atoms with E-state index in [2.05, 4.69) is 26.9 Å². The molecule has 3 rings (SSSR count). The molecule has 1 unspecified atom stereocenters. The Bertz CT molecular complexity index is 641. The maximum atomic E-state index is 6.10. The van der Waals surface area contributed by atoms with Crippen molar-refractivity contribution in [2.75, 3.05) is 24.7 Å². The Morgan fingerprint density at radius 2 is 2.20 bits per heavy atom. The minimum absolute atomic E-state index is 0.268. The Labute approximate surface area is 122 Å². The van der Waals surface area contributed by atoms with Crippen LogP contribution in [0.4, 0.5) is 5.82 Å². The second kappa shape index (κ2) is 5.18. The number of ether oxygens (including phenoxy) is 1. The lowest BCUT2D eigenvalue weighted by molar-refractivity contribution is 0.0927. The van der Waals surface area contributed by atoms with Crippen LogP contribution >= 0.6 is 11.6 Å². The standard InChI is InChI=1S/C13H18ClN5O/c1-4-9-7-20-6-5-19(9)12-11-10(15-13(14)16-12)8(2)17-18(11)3/h9H,4-7H2,1-3H3. The van der Waals surface area contributed by atoms with Gasteiger partial charge in [-0.05, 0) is 24.9 Å². The minimum atomic E-state index is 0.268. The van der Waals surface area contributed by atoms with Crippen LogP contribution in [0.2, 0.25) is 5.28 Å². The first-order valence-electron chi connectivity index (χ1n) is 6.83. The molecule has 3 heterocycles. The van der Waals surface area contributed by atoms with Gasteiger partial charge in [-0.3, -0.25) is 4.68 Å². The van der Waals surface area contributed by atoms with Crippen LogP contribution in [0.3, 0.4) is 0 Å². The number of aromatic nitrogens is 4. The number of morpholine rings is 1. The monoisotopic (exact) mass is 295 g/mol. The predicted molar refractivity (Wildman–Crippen MR) is 78.3 cm³/mol. The van der Waals surface area contributed by atoms with E-state index in [-0.39, 0.29) is 5.28 Å². The Balaban J connectivity index is 2.19. The van der Waals surface area contributed by atoms with E-state index in [9.17, 15) is 0 Å². The van der Waals surface area contributed by atoms with Gasteiger partial charge in [-0.2, -0.15) is 10.1 Å². The second-order valence-corrected chi connectivity index (χ2v) is 5.39. The quantitative estimate of drug-likeness (QED) is 0.793. The number of hydrogen-bond acceptors (Lipinski definition) is 5. The number of aryl methyl sites for hydroxylation is 2. The highest BCUT2D eigenvalue weighted by atomic mass is 35.5. The van der Waals surface area contributed by atoms with Crippen molar-refractivity contribution in [2.24, 2.45) is 7.05 Å². The molecule has 108 valence electrons. The zero-order valence-corrected chi connectivity index (χ0v) is 12.7. The van der Waals surface area contributed by atoms with Crippen molar-refractivity contribution in [3.05, 3.63) is 11.0 Å². The summed E-state index contributed by atoms with van der Waals surface area (Å²) >= 11 is 6.10. The van der Waals surface area contributed by atoms with Crippen LogP contribution in [0.25, 0.3) is 11.0 Å². The van der Waals surface area contributed by atoms with Crippen molar-refractivity contribution in [3.8, 4) is 0 Å². The molecule has 20 heavy (non-hydrogen) atoms. The van der Waals surface area contributed by atoms with E-state index in [0.717, 1.165) is 42.1 Å². The fourth-order valence-corrected chi connectivity index (χ4v) is 2.93. The summed E-state index contributed by atoms with van der Waals surface area (Å²) in [5, 5.41) is 4.70. The van der Waals surface area contributed by atoms with E-state index in [0.29, 0.717) is 12.6 Å². The maximum Gasteiger partial charge on any atom is 0.225 e. The molecule has 0 spiro atoms. The van der Waals surface area contributed by atoms with Crippen molar-refractivity contribution in [2.45, 2.75) is 26.3 Å². The molecule has 0 aliphatic carbocycles. The lowest BCUT2D eigenvalue weighted by Gasteiger charge is -2.36. The van der Waals surface area contributed by atoms with Crippen molar-refractivity contribution in [1.29, 1.82) is 0 Å². The van der Waals surface area contributed by atoms with Gasteiger partial charge in [0, 0.05) is 13.6 Å². The van der Waals surface area contributed by atoms with Gasteiger partial charge in [-0.1, -0.05) is 6.92 Å². The third-order valence-electron chi connectivity index (χ3n) is 3.78. The van der Waals surface area contributed by atoms with Crippen LogP contribution in [-0.2, 0) is 11.8 Å². The Morgan fingerprint density at radius 3 is 2.95 bits per heavy atom. The lowest BCUT2D eigenvalue weighted by Crippen LogP contribution is -2.45. The smallest absolute Gasteiger partial charge is 0.225 e. The zero-order valence-electron chi connectivity index (χ0n) is 11.9. The summed E-state index contributed by atoms with van der Waals surface area (Å²) in [5.74, 6) is 0.859. The number of anilines is 1. The zero-order chi connectivity index (χ0) is 14.3. The SMILES string of the molecule is CCC1COCCN1c1nc(Cl)nc2c(C)nn(C)c12. The molecule has 6 nitrogen and oxygen atoms in total. The van der Waals surface area contributed by atoms with Crippen LogP contribution in [0.15, 0.2) is 0 Å². The van der Waals surface area contributed by atoms with E-state index in [1.807, 2.05) is 18.7 Å². The number of halogens is 1. The second-order valence-electron chi connectivity index (χ2n) is 5.05. The van der Waals surface area contributed by atoms with E-state index in [1.54, 1.807) is 0 Å². The van der Waals surface area contributed by atoms with Crippen molar-refractivity contribution in [1.82, 2.24) is 19.7 Å². The number of nitrogens with zero attached hydrogens (tertiary/aromatic N) is 5. The maximum absolute atomic E-state index is 6.10.